The molecule has 130 valence electrons. The van der Waals surface area contributed by atoms with E-state index in [0.29, 0.717) is 12.4 Å². The van der Waals surface area contributed by atoms with Gasteiger partial charge in [-0.15, -0.1) is 10.2 Å². The second-order valence-electron chi connectivity index (χ2n) is 5.37. The van der Waals surface area contributed by atoms with Crippen LogP contribution in [0.25, 0.3) is 0 Å². The molecule has 0 radical (unpaired) electrons. The van der Waals surface area contributed by atoms with Crippen molar-refractivity contribution in [2.45, 2.75) is 17.7 Å². The number of hydrogen-bond donors (Lipinski definition) is 1. The van der Waals surface area contributed by atoms with Crippen LogP contribution in [0.5, 0.6) is 5.75 Å². The number of nitrogens with zero attached hydrogens (tertiary/aromatic N) is 2. The fourth-order valence-electron chi connectivity index (χ4n) is 2.10. The summed E-state index contributed by atoms with van der Waals surface area (Å²) in [6, 6.07) is 14.2. The third-order valence-corrected chi connectivity index (χ3v) is 5.33. The molecule has 0 aliphatic heterocycles. The lowest BCUT2D eigenvalue weighted by atomic mass is 10.2. The predicted octanol–water partition coefficient (Wildman–Crippen LogP) is 5.29. The van der Waals surface area contributed by atoms with Gasteiger partial charge in [0, 0.05) is 11.4 Å². The second-order valence-corrected chi connectivity index (χ2v) is 7.69. The molecule has 1 heterocycles. The summed E-state index contributed by atoms with van der Waals surface area (Å²) in [6.45, 7) is 2.65. The molecule has 3 rings (SSSR count). The van der Waals surface area contributed by atoms with Crippen LogP contribution in [0.1, 0.15) is 12.0 Å². The Morgan fingerprint density at radius 3 is 2.80 bits per heavy atom. The van der Waals surface area contributed by atoms with Crippen molar-refractivity contribution in [2.75, 3.05) is 17.7 Å². The quantitative estimate of drug-likeness (QED) is 0.428. The normalized spacial score (nSPS) is 10.6. The van der Waals surface area contributed by atoms with Crippen LogP contribution in [0.4, 0.5) is 15.2 Å². The lowest BCUT2D eigenvalue weighted by Gasteiger charge is -2.04. The Labute approximate surface area is 154 Å². The summed E-state index contributed by atoms with van der Waals surface area (Å²) in [4.78, 5) is 0. The number of anilines is 2. The zero-order valence-electron chi connectivity index (χ0n) is 13.7. The third-order valence-electron chi connectivity index (χ3n) is 3.27. The minimum Gasteiger partial charge on any atom is -0.494 e. The standard InChI is InChI=1S/C18H18FN3OS2/c1-13-4-2-5-15(12-13)20-17-21-22-18(25-17)24-11-3-10-23-16-8-6-14(19)7-9-16/h2,4-9,12H,3,10-11H2,1H3,(H,20,21). The van der Waals surface area contributed by atoms with Crippen LogP contribution in [0.15, 0.2) is 52.9 Å². The Bertz CT molecular complexity index is 808. The molecule has 0 fully saturated rings. The van der Waals surface area contributed by atoms with Crippen molar-refractivity contribution in [2.24, 2.45) is 0 Å². The number of aromatic nitrogens is 2. The molecule has 0 unspecified atom stereocenters. The highest BCUT2D eigenvalue weighted by Crippen LogP contribution is 2.28. The molecule has 2 aromatic carbocycles. The van der Waals surface area contributed by atoms with Crippen LogP contribution in [-0.2, 0) is 0 Å². The summed E-state index contributed by atoms with van der Waals surface area (Å²) in [6.07, 6.45) is 0.877. The Morgan fingerprint density at radius 2 is 2.00 bits per heavy atom. The van der Waals surface area contributed by atoms with Gasteiger partial charge in [-0.2, -0.15) is 0 Å². The number of halogens is 1. The Kier molecular flexibility index (Phi) is 6.25. The molecule has 0 spiro atoms. The van der Waals surface area contributed by atoms with E-state index in [4.69, 9.17) is 4.74 Å². The first kappa shape index (κ1) is 17.7. The highest BCUT2D eigenvalue weighted by molar-refractivity contribution is 8.01. The van der Waals surface area contributed by atoms with Gasteiger partial charge in [0.1, 0.15) is 11.6 Å². The monoisotopic (exact) mass is 375 g/mol. The molecule has 7 heteroatoms. The summed E-state index contributed by atoms with van der Waals surface area (Å²) < 4.78 is 19.3. The first-order chi connectivity index (χ1) is 12.2. The van der Waals surface area contributed by atoms with Gasteiger partial charge in [-0.25, -0.2) is 4.39 Å². The molecule has 25 heavy (non-hydrogen) atoms. The van der Waals surface area contributed by atoms with E-state index in [1.54, 1.807) is 23.9 Å². The molecular formula is C18H18FN3OS2. The van der Waals surface area contributed by atoms with Crippen LogP contribution >= 0.6 is 23.1 Å². The first-order valence-electron chi connectivity index (χ1n) is 7.87. The molecule has 0 saturated heterocycles. The number of aryl methyl sites for hydroxylation is 1. The highest BCUT2D eigenvalue weighted by Gasteiger charge is 2.05. The van der Waals surface area contributed by atoms with Crippen LogP contribution in [0, 0.1) is 12.7 Å². The fraction of sp³-hybridized carbons (Fsp3) is 0.222. The fourth-order valence-corrected chi connectivity index (χ4v) is 3.86. The maximum Gasteiger partial charge on any atom is 0.210 e. The summed E-state index contributed by atoms with van der Waals surface area (Å²) >= 11 is 3.19. The van der Waals surface area contributed by atoms with Crippen LogP contribution in [-0.4, -0.2) is 22.6 Å². The van der Waals surface area contributed by atoms with Gasteiger partial charge in [-0.3, -0.25) is 0 Å². The molecule has 0 atom stereocenters. The van der Waals surface area contributed by atoms with Crippen molar-refractivity contribution in [1.29, 1.82) is 0 Å². The van der Waals surface area contributed by atoms with Gasteiger partial charge in [0.15, 0.2) is 4.34 Å². The Morgan fingerprint density at radius 1 is 1.16 bits per heavy atom. The van der Waals surface area contributed by atoms with E-state index in [0.717, 1.165) is 27.3 Å². The second kappa shape index (κ2) is 8.82. The van der Waals surface area contributed by atoms with Crippen molar-refractivity contribution in [3.05, 3.63) is 59.9 Å². The lowest BCUT2D eigenvalue weighted by molar-refractivity contribution is 0.318. The van der Waals surface area contributed by atoms with Crippen molar-refractivity contribution < 1.29 is 9.13 Å². The van der Waals surface area contributed by atoms with E-state index in [2.05, 4.69) is 34.6 Å². The molecule has 1 N–H and O–H groups in total. The molecule has 0 bridgehead atoms. The van der Waals surface area contributed by atoms with Gasteiger partial charge in [0.2, 0.25) is 5.13 Å². The third kappa shape index (κ3) is 5.72. The highest BCUT2D eigenvalue weighted by atomic mass is 32.2. The summed E-state index contributed by atoms with van der Waals surface area (Å²) in [7, 11) is 0. The number of rotatable bonds is 8. The summed E-state index contributed by atoms with van der Waals surface area (Å²) in [5.41, 5.74) is 2.21. The molecule has 0 amide bonds. The molecule has 0 saturated carbocycles. The average molecular weight is 375 g/mol. The average Bonchev–Trinajstić information content (AvgIpc) is 3.03. The zero-order chi connectivity index (χ0) is 17.5. The largest absolute Gasteiger partial charge is 0.494 e. The summed E-state index contributed by atoms with van der Waals surface area (Å²) in [5, 5.41) is 12.4. The maximum absolute atomic E-state index is 12.8. The van der Waals surface area contributed by atoms with Gasteiger partial charge >= 0.3 is 0 Å². The first-order valence-corrected chi connectivity index (χ1v) is 9.67. The lowest BCUT2D eigenvalue weighted by Crippen LogP contribution is -1.98. The van der Waals surface area contributed by atoms with E-state index in [1.165, 1.54) is 29.0 Å². The molecule has 3 aromatic rings. The van der Waals surface area contributed by atoms with E-state index < -0.39 is 0 Å². The van der Waals surface area contributed by atoms with Gasteiger partial charge in [0.05, 0.1) is 6.61 Å². The molecule has 1 aromatic heterocycles. The molecule has 4 nitrogen and oxygen atoms in total. The SMILES string of the molecule is Cc1cccc(Nc2nnc(SCCCOc3ccc(F)cc3)s2)c1. The van der Waals surface area contributed by atoms with Gasteiger partial charge in [0.25, 0.3) is 0 Å². The van der Waals surface area contributed by atoms with Gasteiger partial charge in [-0.05, 0) is 55.3 Å². The van der Waals surface area contributed by atoms with Crippen molar-refractivity contribution in [1.82, 2.24) is 10.2 Å². The van der Waals surface area contributed by atoms with Gasteiger partial charge < -0.3 is 10.1 Å². The van der Waals surface area contributed by atoms with Crippen LogP contribution < -0.4 is 10.1 Å². The van der Waals surface area contributed by atoms with E-state index in [-0.39, 0.29) is 5.82 Å². The number of thioether (sulfide) groups is 1. The Hall–Kier alpha value is -2.12. The predicted molar refractivity (Wildman–Crippen MR) is 102 cm³/mol. The van der Waals surface area contributed by atoms with Crippen molar-refractivity contribution in [3.63, 3.8) is 0 Å². The number of hydrogen-bond acceptors (Lipinski definition) is 6. The Balaban J connectivity index is 1.39. The molecular weight excluding hydrogens is 357 g/mol. The molecule has 0 aliphatic carbocycles. The van der Waals surface area contributed by atoms with E-state index in [1.807, 2.05) is 12.1 Å². The number of nitrogens with one attached hydrogen (secondary N) is 1. The number of ether oxygens (including phenoxy) is 1. The van der Waals surface area contributed by atoms with Crippen molar-refractivity contribution >= 4 is 33.9 Å². The maximum atomic E-state index is 12.8. The zero-order valence-corrected chi connectivity index (χ0v) is 15.4. The van der Waals surface area contributed by atoms with E-state index >= 15 is 0 Å². The minimum atomic E-state index is -0.255. The van der Waals surface area contributed by atoms with Crippen LogP contribution in [0.3, 0.4) is 0 Å². The number of benzene rings is 2. The topological polar surface area (TPSA) is 47.0 Å². The van der Waals surface area contributed by atoms with Crippen molar-refractivity contribution in [3.8, 4) is 5.75 Å². The van der Waals surface area contributed by atoms with Gasteiger partial charge in [-0.1, -0.05) is 35.2 Å². The smallest absolute Gasteiger partial charge is 0.210 e. The van der Waals surface area contributed by atoms with E-state index in [9.17, 15) is 4.39 Å². The van der Waals surface area contributed by atoms with Crippen LogP contribution in [0.2, 0.25) is 0 Å². The molecule has 0 aliphatic rings. The summed E-state index contributed by atoms with van der Waals surface area (Å²) in [5.74, 6) is 1.32. The minimum absolute atomic E-state index is 0.255.